The van der Waals surface area contributed by atoms with Crippen molar-refractivity contribution in [3.05, 3.63) is 99.6 Å². The van der Waals surface area contributed by atoms with Crippen LogP contribution in [0.3, 0.4) is 0 Å². The summed E-state index contributed by atoms with van der Waals surface area (Å²) in [7, 11) is 0. The number of nitrogens with one attached hydrogen (secondary N) is 1. The van der Waals surface area contributed by atoms with E-state index in [2.05, 4.69) is 53.5 Å². The maximum absolute atomic E-state index is 11.2. The van der Waals surface area contributed by atoms with Crippen molar-refractivity contribution in [1.29, 1.82) is 0 Å². The van der Waals surface area contributed by atoms with E-state index in [0.29, 0.717) is 19.7 Å². The second-order valence-corrected chi connectivity index (χ2v) is 7.13. The molecule has 0 aliphatic carbocycles. The lowest BCUT2D eigenvalue weighted by Gasteiger charge is -2.39. The highest BCUT2D eigenvalue weighted by atomic mass is 16.6. The standard InChI is InChI=1S/C23H23N3O3/c1-17-9-11-20(12-10-17)24-13-14-25-22-8-3-2-5-19(22)16-29-23(25)18-6-4-7-21(15-18)26(27)28/h2-12,15,23-24H,13-14,16H2,1H3. The summed E-state index contributed by atoms with van der Waals surface area (Å²) < 4.78 is 6.13. The normalized spacial score (nSPS) is 15.6. The van der Waals surface area contributed by atoms with Crippen LogP contribution in [0.4, 0.5) is 17.1 Å². The van der Waals surface area contributed by atoms with Crippen LogP contribution >= 0.6 is 0 Å². The van der Waals surface area contributed by atoms with Crippen molar-refractivity contribution in [2.75, 3.05) is 23.3 Å². The van der Waals surface area contributed by atoms with Crippen molar-refractivity contribution >= 4 is 17.1 Å². The molecule has 0 bridgehead atoms. The summed E-state index contributed by atoms with van der Waals surface area (Å²) in [5, 5.41) is 14.7. The number of non-ortho nitro benzene ring substituents is 1. The van der Waals surface area contributed by atoms with Crippen LogP contribution < -0.4 is 10.2 Å². The van der Waals surface area contributed by atoms with E-state index >= 15 is 0 Å². The minimum Gasteiger partial charge on any atom is -0.383 e. The summed E-state index contributed by atoms with van der Waals surface area (Å²) in [6.07, 6.45) is -0.371. The summed E-state index contributed by atoms with van der Waals surface area (Å²) in [5.74, 6) is 0. The number of rotatable bonds is 6. The number of hydrogen-bond acceptors (Lipinski definition) is 5. The highest BCUT2D eigenvalue weighted by Crippen LogP contribution is 2.37. The Morgan fingerprint density at radius 2 is 1.90 bits per heavy atom. The molecule has 0 aromatic heterocycles. The van der Waals surface area contributed by atoms with Crippen LogP contribution in [0, 0.1) is 17.0 Å². The lowest BCUT2D eigenvalue weighted by Crippen LogP contribution is -2.38. The first kappa shape index (κ1) is 19.0. The van der Waals surface area contributed by atoms with Gasteiger partial charge in [0.2, 0.25) is 0 Å². The quantitative estimate of drug-likeness (QED) is 0.472. The Labute approximate surface area is 169 Å². The van der Waals surface area contributed by atoms with E-state index in [-0.39, 0.29) is 16.8 Å². The van der Waals surface area contributed by atoms with Gasteiger partial charge in [0.15, 0.2) is 6.23 Å². The van der Waals surface area contributed by atoms with Gasteiger partial charge < -0.3 is 15.0 Å². The highest BCUT2D eigenvalue weighted by Gasteiger charge is 2.28. The monoisotopic (exact) mass is 389 g/mol. The van der Waals surface area contributed by atoms with Crippen molar-refractivity contribution in [2.45, 2.75) is 19.8 Å². The van der Waals surface area contributed by atoms with Gasteiger partial charge in [-0.2, -0.15) is 0 Å². The average Bonchev–Trinajstić information content (AvgIpc) is 2.75. The van der Waals surface area contributed by atoms with Crippen molar-refractivity contribution < 1.29 is 9.66 Å². The molecule has 0 saturated carbocycles. The van der Waals surface area contributed by atoms with Gasteiger partial charge in [0.05, 0.1) is 11.5 Å². The molecule has 6 heteroatoms. The molecule has 1 unspecified atom stereocenters. The van der Waals surface area contributed by atoms with Gasteiger partial charge in [0.25, 0.3) is 5.69 Å². The zero-order valence-electron chi connectivity index (χ0n) is 16.2. The number of anilines is 2. The van der Waals surface area contributed by atoms with E-state index in [0.717, 1.165) is 22.5 Å². The molecule has 1 aliphatic rings. The SMILES string of the molecule is Cc1ccc(NCCN2c3ccccc3COC2c2cccc([N+](=O)[O-])c2)cc1. The largest absolute Gasteiger partial charge is 0.383 e. The smallest absolute Gasteiger partial charge is 0.269 e. The van der Waals surface area contributed by atoms with E-state index in [1.165, 1.54) is 11.6 Å². The average molecular weight is 389 g/mol. The van der Waals surface area contributed by atoms with Gasteiger partial charge in [0.1, 0.15) is 0 Å². The molecule has 0 spiro atoms. The number of ether oxygens (including phenoxy) is 1. The lowest BCUT2D eigenvalue weighted by atomic mass is 10.1. The molecule has 29 heavy (non-hydrogen) atoms. The van der Waals surface area contributed by atoms with Crippen molar-refractivity contribution in [2.24, 2.45) is 0 Å². The third-order valence-electron chi connectivity index (χ3n) is 5.08. The van der Waals surface area contributed by atoms with E-state index in [1.54, 1.807) is 12.1 Å². The van der Waals surface area contributed by atoms with Crippen molar-refractivity contribution in [3.8, 4) is 0 Å². The number of benzene rings is 3. The molecule has 1 aliphatic heterocycles. The maximum Gasteiger partial charge on any atom is 0.269 e. The highest BCUT2D eigenvalue weighted by molar-refractivity contribution is 5.57. The van der Waals surface area contributed by atoms with Crippen LogP contribution in [0.25, 0.3) is 0 Å². The molecule has 1 heterocycles. The number of fused-ring (bicyclic) bond motifs is 1. The Balaban J connectivity index is 1.58. The number of nitro groups is 1. The van der Waals surface area contributed by atoms with Crippen molar-refractivity contribution in [1.82, 2.24) is 0 Å². The molecule has 1 N–H and O–H groups in total. The summed E-state index contributed by atoms with van der Waals surface area (Å²) in [6.45, 7) is 3.95. The van der Waals surface area contributed by atoms with Gasteiger partial charge in [-0.3, -0.25) is 10.1 Å². The molecule has 0 fully saturated rings. The minimum atomic E-state index is -0.371. The van der Waals surface area contributed by atoms with Crippen LogP contribution in [-0.4, -0.2) is 18.0 Å². The molecule has 6 nitrogen and oxygen atoms in total. The van der Waals surface area contributed by atoms with Crippen LogP contribution in [0.1, 0.15) is 22.9 Å². The third-order valence-corrected chi connectivity index (χ3v) is 5.08. The fourth-order valence-electron chi connectivity index (χ4n) is 3.60. The molecule has 3 aromatic rings. The Morgan fingerprint density at radius 1 is 1.10 bits per heavy atom. The number of para-hydroxylation sites is 1. The number of aryl methyl sites for hydroxylation is 1. The molecule has 148 valence electrons. The Bertz CT molecular complexity index is 1000. The molecule has 0 radical (unpaired) electrons. The minimum absolute atomic E-state index is 0.0719. The predicted molar refractivity (Wildman–Crippen MR) is 114 cm³/mol. The van der Waals surface area contributed by atoms with Gasteiger partial charge in [-0.15, -0.1) is 0 Å². The van der Waals surface area contributed by atoms with E-state index in [4.69, 9.17) is 4.74 Å². The molecule has 4 rings (SSSR count). The first-order valence-electron chi connectivity index (χ1n) is 9.63. The fourth-order valence-corrected chi connectivity index (χ4v) is 3.60. The van der Waals surface area contributed by atoms with E-state index in [9.17, 15) is 10.1 Å². The number of hydrogen-bond donors (Lipinski definition) is 1. The van der Waals surface area contributed by atoms with E-state index < -0.39 is 0 Å². The Morgan fingerprint density at radius 3 is 2.69 bits per heavy atom. The predicted octanol–water partition coefficient (Wildman–Crippen LogP) is 5.05. The van der Waals surface area contributed by atoms with Crippen LogP contribution in [-0.2, 0) is 11.3 Å². The zero-order chi connectivity index (χ0) is 20.2. The molecule has 1 atom stereocenters. The van der Waals surface area contributed by atoms with Crippen LogP contribution in [0.5, 0.6) is 0 Å². The van der Waals surface area contributed by atoms with Gasteiger partial charge in [0, 0.05) is 47.7 Å². The number of nitro benzene ring substituents is 1. The van der Waals surface area contributed by atoms with Crippen molar-refractivity contribution in [3.63, 3.8) is 0 Å². The van der Waals surface area contributed by atoms with Gasteiger partial charge >= 0.3 is 0 Å². The summed E-state index contributed by atoms with van der Waals surface area (Å²) >= 11 is 0. The van der Waals surface area contributed by atoms with Gasteiger partial charge in [-0.1, -0.05) is 48.0 Å². The second-order valence-electron chi connectivity index (χ2n) is 7.13. The third kappa shape index (κ3) is 4.22. The molecular formula is C23H23N3O3. The molecule has 3 aromatic carbocycles. The van der Waals surface area contributed by atoms with Gasteiger partial charge in [-0.05, 0) is 25.1 Å². The zero-order valence-corrected chi connectivity index (χ0v) is 16.2. The first-order chi connectivity index (χ1) is 14.1. The molecular weight excluding hydrogens is 366 g/mol. The van der Waals surface area contributed by atoms with Crippen LogP contribution in [0.2, 0.25) is 0 Å². The molecule has 0 amide bonds. The summed E-state index contributed by atoms with van der Waals surface area (Å²) in [5.41, 5.74) is 5.35. The Kier molecular flexibility index (Phi) is 5.44. The topological polar surface area (TPSA) is 67.6 Å². The Hall–Kier alpha value is -3.38. The van der Waals surface area contributed by atoms with Crippen LogP contribution in [0.15, 0.2) is 72.8 Å². The summed E-state index contributed by atoms with van der Waals surface area (Å²) in [4.78, 5) is 13.0. The van der Waals surface area contributed by atoms with E-state index in [1.807, 2.05) is 18.2 Å². The van der Waals surface area contributed by atoms with Gasteiger partial charge in [-0.25, -0.2) is 0 Å². The second kappa shape index (κ2) is 8.32. The summed E-state index contributed by atoms with van der Waals surface area (Å²) in [6, 6.07) is 23.1. The first-order valence-corrected chi connectivity index (χ1v) is 9.63. The molecule has 0 saturated heterocycles. The lowest BCUT2D eigenvalue weighted by molar-refractivity contribution is -0.385. The maximum atomic E-state index is 11.2. The number of nitrogens with zero attached hydrogens (tertiary/aromatic N) is 2. The fraction of sp³-hybridized carbons (Fsp3) is 0.217.